The van der Waals surface area contributed by atoms with Crippen LogP contribution in [0.5, 0.6) is 0 Å². The lowest BCUT2D eigenvalue weighted by molar-refractivity contribution is -0.385. The predicted molar refractivity (Wildman–Crippen MR) is 84.1 cm³/mol. The molecule has 0 saturated carbocycles. The molecule has 8 heteroatoms. The van der Waals surface area contributed by atoms with Gasteiger partial charge in [0.2, 0.25) is 11.8 Å². The molecule has 1 atom stereocenters. The number of hydrogen-bond acceptors (Lipinski definition) is 7. The van der Waals surface area contributed by atoms with Crippen LogP contribution in [0, 0.1) is 17.0 Å². The van der Waals surface area contributed by atoms with Crippen LogP contribution in [0.25, 0.3) is 0 Å². The summed E-state index contributed by atoms with van der Waals surface area (Å²) in [6.45, 7) is 3.58. The molecule has 0 aromatic carbocycles. The molecule has 7 nitrogen and oxygen atoms in total. The van der Waals surface area contributed by atoms with Crippen molar-refractivity contribution in [3.05, 3.63) is 38.2 Å². The molecule has 2 N–H and O–H groups in total. The highest BCUT2D eigenvalue weighted by atomic mass is 32.1. The molecule has 2 aromatic rings. The Hall–Kier alpha value is -2.22. The van der Waals surface area contributed by atoms with Crippen LogP contribution in [0.2, 0.25) is 0 Å². The lowest BCUT2D eigenvalue weighted by Gasteiger charge is -2.15. The second kappa shape index (κ2) is 6.49. The average molecular weight is 307 g/mol. The van der Waals surface area contributed by atoms with Gasteiger partial charge in [-0.2, -0.15) is 4.98 Å². The van der Waals surface area contributed by atoms with Gasteiger partial charge in [0, 0.05) is 24.4 Å². The third-order valence-electron chi connectivity index (χ3n) is 2.94. The minimum Gasteiger partial charge on any atom is -0.361 e. The summed E-state index contributed by atoms with van der Waals surface area (Å²) in [5, 5.41) is 19.2. The number of thiophene rings is 1. The van der Waals surface area contributed by atoms with Crippen molar-refractivity contribution in [3.63, 3.8) is 0 Å². The number of nitrogens with one attached hydrogen (secondary N) is 2. The van der Waals surface area contributed by atoms with E-state index < -0.39 is 4.92 Å². The zero-order valence-electron chi connectivity index (χ0n) is 12.1. The molecule has 0 saturated heterocycles. The first-order chi connectivity index (χ1) is 10.0. The summed E-state index contributed by atoms with van der Waals surface area (Å²) in [5.74, 6) is 0.616. The highest BCUT2D eigenvalue weighted by Gasteiger charge is 2.23. The summed E-state index contributed by atoms with van der Waals surface area (Å²) in [6, 6.07) is 4.06. The first-order valence-electron chi connectivity index (χ1n) is 6.51. The van der Waals surface area contributed by atoms with Crippen molar-refractivity contribution in [2.24, 2.45) is 0 Å². The zero-order chi connectivity index (χ0) is 15.4. The number of rotatable bonds is 6. The van der Waals surface area contributed by atoms with Gasteiger partial charge >= 0.3 is 5.69 Å². The number of nitrogens with zero attached hydrogens (tertiary/aromatic N) is 3. The van der Waals surface area contributed by atoms with E-state index in [1.54, 1.807) is 25.3 Å². The van der Waals surface area contributed by atoms with Gasteiger partial charge in [0.05, 0.1) is 4.92 Å². The Kier molecular flexibility index (Phi) is 4.69. The van der Waals surface area contributed by atoms with Crippen LogP contribution >= 0.6 is 11.3 Å². The lowest BCUT2D eigenvalue weighted by Crippen LogP contribution is -2.20. The van der Waals surface area contributed by atoms with E-state index in [4.69, 9.17) is 0 Å². The van der Waals surface area contributed by atoms with Gasteiger partial charge in [0.25, 0.3) is 0 Å². The number of aromatic nitrogens is 2. The molecule has 0 fully saturated rings. The number of hydrogen-bond donors (Lipinski definition) is 2. The summed E-state index contributed by atoms with van der Waals surface area (Å²) >= 11 is 1.66. The number of anilines is 2. The smallest absolute Gasteiger partial charge is 0.332 e. The van der Waals surface area contributed by atoms with Gasteiger partial charge in [-0.1, -0.05) is 6.07 Å². The van der Waals surface area contributed by atoms with Crippen LogP contribution in [0.15, 0.2) is 17.5 Å². The first kappa shape index (κ1) is 15.2. The van der Waals surface area contributed by atoms with Crippen molar-refractivity contribution < 1.29 is 4.92 Å². The Bertz CT molecular complexity index is 630. The summed E-state index contributed by atoms with van der Waals surface area (Å²) in [7, 11) is 1.68. The summed E-state index contributed by atoms with van der Waals surface area (Å²) in [5.41, 5.74) is 0.261. The van der Waals surface area contributed by atoms with E-state index >= 15 is 0 Å². The van der Waals surface area contributed by atoms with Crippen molar-refractivity contribution in [2.75, 3.05) is 17.7 Å². The molecule has 0 aliphatic heterocycles. The number of aryl methyl sites for hydroxylation is 1. The largest absolute Gasteiger partial charge is 0.361 e. The Morgan fingerprint density at radius 2 is 2.24 bits per heavy atom. The molecule has 0 radical (unpaired) electrons. The Balaban J connectivity index is 2.24. The SMILES string of the molecule is CNc1nc(C)c([N+](=O)[O-])c(NC(C)Cc2cccs2)n1. The van der Waals surface area contributed by atoms with Gasteiger partial charge in [-0.15, -0.1) is 11.3 Å². The molecule has 21 heavy (non-hydrogen) atoms. The van der Waals surface area contributed by atoms with Crippen LogP contribution in [0.3, 0.4) is 0 Å². The van der Waals surface area contributed by atoms with Crippen molar-refractivity contribution >= 4 is 28.8 Å². The van der Waals surface area contributed by atoms with Gasteiger partial charge in [-0.05, 0) is 25.3 Å². The van der Waals surface area contributed by atoms with Crippen molar-refractivity contribution in [3.8, 4) is 0 Å². The maximum atomic E-state index is 11.2. The van der Waals surface area contributed by atoms with E-state index in [1.165, 1.54) is 4.88 Å². The van der Waals surface area contributed by atoms with E-state index in [-0.39, 0.29) is 17.5 Å². The molecule has 1 unspecified atom stereocenters. The topological polar surface area (TPSA) is 93.0 Å². The fourth-order valence-corrected chi connectivity index (χ4v) is 2.85. The van der Waals surface area contributed by atoms with E-state index in [9.17, 15) is 10.1 Å². The normalized spacial score (nSPS) is 12.0. The second-order valence-electron chi connectivity index (χ2n) is 4.67. The third-order valence-corrected chi connectivity index (χ3v) is 3.83. The van der Waals surface area contributed by atoms with Crippen LogP contribution < -0.4 is 10.6 Å². The molecular formula is C13H17N5O2S. The summed E-state index contributed by atoms with van der Waals surface area (Å²) < 4.78 is 0. The molecule has 0 aliphatic carbocycles. The molecule has 0 amide bonds. The van der Waals surface area contributed by atoms with Gasteiger partial charge in [-0.25, -0.2) is 4.98 Å². The molecule has 0 spiro atoms. The quantitative estimate of drug-likeness (QED) is 0.629. The Morgan fingerprint density at radius 1 is 1.48 bits per heavy atom. The van der Waals surface area contributed by atoms with Crippen molar-refractivity contribution in [2.45, 2.75) is 26.3 Å². The third kappa shape index (κ3) is 3.66. The van der Waals surface area contributed by atoms with Crippen LogP contribution in [-0.2, 0) is 6.42 Å². The molecule has 2 heterocycles. The van der Waals surface area contributed by atoms with E-state index in [0.29, 0.717) is 11.6 Å². The van der Waals surface area contributed by atoms with Crippen LogP contribution in [0.1, 0.15) is 17.5 Å². The standard InChI is InChI=1S/C13H17N5O2S/c1-8(7-10-5-4-6-21-10)15-12-11(18(19)20)9(2)16-13(14-3)17-12/h4-6,8H,7H2,1-3H3,(H2,14,15,16,17). The predicted octanol–water partition coefficient (Wildman–Crippen LogP) is 2.84. The van der Waals surface area contributed by atoms with E-state index in [2.05, 4.69) is 20.6 Å². The van der Waals surface area contributed by atoms with Crippen molar-refractivity contribution in [1.82, 2.24) is 9.97 Å². The van der Waals surface area contributed by atoms with Gasteiger partial charge in [0.1, 0.15) is 5.69 Å². The molecule has 0 aliphatic rings. The lowest BCUT2D eigenvalue weighted by atomic mass is 10.2. The zero-order valence-corrected chi connectivity index (χ0v) is 12.9. The monoisotopic (exact) mass is 307 g/mol. The molecule has 112 valence electrons. The number of nitro groups is 1. The minimum atomic E-state index is -0.449. The average Bonchev–Trinajstić information content (AvgIpc) is 2.90. The first-order valence-corrected chi connectivity index (χ1v) is 7.39. The van der Waals surface area contributed by atoms with Gasteiger partial charge in [0.15, 0.2) is 0 Å². The molecule has 2 aromatic heterocycles. The molecule has 2 rings (SSSR count). The molecular weight excluding hydrogens is 290 g/mol. The Labute approximate surface area is 126 Å². The Morgan fingerprint density at radius 3 is 2.81 bits per heavy atom. The maximum absolute atomic E-state index is 11.2. The van der Waals surface area contributed by atoms with Crippen molar-refractivity contribution in [1.29, 1.82) is 0 Å². The van der Waals surface area contributed by atoms with Crippen LogP contribution in [-0.4, -0.2) is 28.0 Å². The summed E-state index contributed by atoms with van der Waals surface area (Å²) in [6.07, 6.45) is 0.784. The maximum Gasteiger partial charge on any atom is 0.332 e. The van der Waals surface area contributed by atoms with Crippen LogP contribution in [0.4, 0.5) is 17.5 Å². The second-order valence-corrected chi connectivity index (χ2v) is 5.70. The summed E-state index contributed by atoms with van der Waals surface area (Å²) in [4.78, 5) is 20.2. The van der Waals surface area contributed by atoms with Gasteiger partial charge < -0.3 is 10.6 Å². The fraction of sp³-hybridized carbons (Fsp3) is 0.385. The van der Waals surface area contributed by atoms with E-state index in [1.807, 2.05) is 24.4 Å². The molecule has 0 bridgehead atoms. The fourth-order valence-electron chi connectivity index (χ4n) is 2.01. The van der Waals surface area contributed by atoms with Gasteiger partial charge in [-0.3, -0.25) is 10.1 Å². The highest BCUT2D eigenvalue weighted by molar-refractivity contribution is 7.09. The van der Waals surface area contributed by atoms with E-state index in [0.717, 1.165) is 6.42 Å². The highest BCUT2D eigenvalue weighted by Crippen LogP contribution is 2.27. The minimum absolute atomic E-state index is 0.0290.